The third kappa shape index (κ3) is 4.21. The molecule has 0 aliphatic carbocycles. The summed E-state index contributed by atoms with van der Waals surface area (Å²) in [6.45, 7) is 4.59. The highest BCUT2D eigenvalue weighted by Crippen LogP contribution is 2.29. The Morgan fingerprint density at radius 3 is 2.75 bits per heavy atom. The van der Waals surface area contributed by atoms with Gasteiger partial charge in [-0.15, -0.1) is 22.7 Å². The molecular formula is C18H19N3OS2. The Kier molecular flexibility index (Phi) is 5.27. The first-order valence-electron chi connectivity index (χ1n) is 7.73. The Balaban J connectivity index is 1.49. The SMILES string of the molecule is Cc1nc(-c2ccc(CCNC(=O)Nc3ccccc3C)s2)cs1. The Morgan fingerprint density at radius 2 is 2.00 bits per heavy atom. The molecule has 0 saturated carbocycles. The van der Waals surface area contributed by atoms with E-state index >= 15 is 0 Å². The molecule has 0 radical (unpaired) electrons. The number of carbonyl (C=O) groups is 1. The summed E-state index contributed by atoms with van der Waals surface area (Å²) in [7, 11) is 0. The van der Waals surface area contributed by atoms with E-state index in [1.54, 1.807) is 22.7 Å². The van der Waals surface area contributed by atoms with Gasteiger partial charge in [0.1, 0.15) is 0 Å². The summed E-state index contributed by atoms with van der Waals surface area (Å²) >= 11 is 3.39. The van der Waals surface area contributed by atoms with Gasteiger partial charge in [-0.1, -0.05) is 18.2 Å². The second-order valence-corrected chi connectivity index (χ2v) is 7.69. The van der Waals surface area contributed by atoms with Gasteiger partial charge in [0, 0.05) is 22.5 Å². The van der Waals surface area contributed by atoms with E-state index in [2.05, 4.69) is 33.1 Å². The summed E-state index contributed by atoms with van der Waals surface area (Å²) < 4.78 is 0. The predicted octanol–water partition coefficient (Wildman–Crippen LogP) is 4.85. The van der Waals surface area contributed by atoms with Crippen molar-refractivity contribution in [2.45, 2.75) is 20.3 Å². The highest BCUT2D eigenvalue weighted by molar-refractivity contribution is 7.16. The van der Waals surface area contributed by atoms with Crippen LogP contribution in [0.5, 0.6) is 0 Å². The normalized spacial score (nSPS) is 10.6. The van der Waals surface area contributed by atoms with Crippen LogP contribution in [-0.2, 0) is 6.42 Å². The van der Waals surface area contributed by atoms with Gasteiger partial charge in [-0.05, 0) is 44.0 Å². The molecular weight excluding hydrogens is 338 g/mol. The van der Waals surface area contributed by atoms with Crippen LogP contribution < -0.4 is 10.6 Å². The van der Waals surface area contributed by atoms with E-state index in [-0.39, 0.29) is 6.03 Å². The number of thiophene rings is 1. The molecule has 0 spiro atoms. The van der Waals surface area contributed by atoms with Crippen molar-refractivity contribution in [3.05, 3.63) is 57.2 Å². The van der Waals surface area contributed by atoms with Gasteiger partial charge in [0.25, 0.3) is 0 Å². The molecule has 0 aliphatic rings. The Hall–Kier alpha value is -2.18. The number of carbonyl (C=O) groups excluding carboxylic acids is 1. The third-order valence-electron chi connectivity index (χ3n) is 3.58. The molecule has 2 amide bonds. The Morgan fingerprint density at radius 1 is 1.17 bits per heavy atom. The minimum Gasteiger partial charge on any atom is -0.338 e. The van der Waals surface area contributed by atoms with Crippen LogP contribution in [0.2, 0.25) is 0 Å². The van der Waals surface area contributed by atoms with Crippen LogP contribution in [-0.4, -0.2) is 17.6 Å². The molecule has 6 heteroatoms. The van der Waals surface area contributed by atoms with Gasteiger partial charge in [0.05, 0.1) is 15.6 Å². The zero-order valence-corrected chi connectivity index (χ0v) is 15.3. The Labute approximate surface area is 149 Å². The molecule has 2 heterocycles. The number of benzene rings is 1. The molecule has 3 aromatic rings. The van der Waals surface area contributed by atoms with E-state index in [1.165, 1.54) is 9.75 Å². The number of urea groups is 1. The second-order valence-electron chi connectivity index (χ2n) is 5.46. The molecule has 24 heavy (non-hydrogen) atoms. The standard InChI is InChI=1S/C18H19N3OS2/c1-12-5-3-4-6-15(12)21-18(22)19-10-9-14-7-8-17(24-14)16-11-23-13(2)20-16/h3-8,11H,9-10H2,1-2H3,(H2,19,21,22). The minimum absolute atomic E-state index is 0.170. The molecule has 0 aliphatic heterocycles. The van der Waals surface area contributed by atoms with Crippen molar-refractivity contribution in [3.63, 3.8) is 0 Å². The van der Waals surface area contributed by atoms with Gasteiger partial charge in [-0.2, -0.15) is 0 Å². The van der Waals surface area contributed by atoms with Crippen molar-refractivity contribution in [3.8, 4) is 10.6 Å². The van der Waals surface area contributed by atoms with Crippen LogP contribution in [0.15, 0.2) is 41.8 Å². The maximum absolute atomic E-state index is 12.0. The number of hydrogen-bond acceptors (Lipinski definition) is 4. The maximum Gasteiger partial charge on any atom is 0.319 e. The minimum atomic E-state index is -0.170. The van der Waals surface area contributed by atoms with Gasteiger partial charge >= 0.3 is 6.03 Å². The lowest BCUT2D eigenvalue weighted by Crippen LogP contribution is -2.30. The lowest BCUT2D eigenvalue weighted by Gasteiger charge is -2.09. The summed E-state index contributed by atoms with van der Waals surface area (Å²) in [5.74, 6) is 0. The van der Waals surface area contributed by atoms with Gasteiger partial charge < -0.3 is 10.6 Å². The number of nitrogens with zero attached hydrogens (tertiary/aromatic N) is 1. The number of anilines is 1. The smallest absolute Gasteiger partial charge is 0.319 e. The largest absolute Gasteiger partial charge is 0.338 e. The number of aryl methyl sites for hydroxylation is 2. The van der Waals surface area contributed by atoms with E-state index in [0.29, 0.717) is 6.54 Å². The number of aromatic nitrogens is 1. The highest BCUT2D eigenvalue weighted by atomic mass is 32.1. The summed E-state index contributed by atoms with van der Waals surface area (Å²) in [4.78, 5) is 18.9. The summed E-state index contributed by atoms with van der Waals surface area (Å²) in [5.41, 5.74) is 2.93. The van der Waals surface area contributed by atoms with Gasteiger partial charge in [0.15, 0.2) is 0 Å². The van der Waals surface area contributed by atoms with E-state index < -0.39 is 0 Å². The molecule has 0 fully saturated rings. The van der Waals surface area contributed by atoms with Crippen molar-refractivity contribution in [1.82, 2.24) is 10.3 Å². The van der Waals surface area contributed by atoms with Gasteiger partial charge in [-0.3, -0.25) is 0 Å². The number of hydrogen-bond donors (Lipinski definition) is 2. The quantitative estimate of drug-likeness (QED) is 0.685. The monoisotopic (exact) mass is 357 g/mol. The fourth-order valence-electron chi connectivity index (χ4n) is 2.31. The number of para-hydroxylation sites is 1. The first-order valence-corrected chi connectivity index (χ1v) is 9.43. The van der Waals surface area contributed by atoms with Crippen LogP contribution in [0.25, 0.3) is 10.6 Å². The molecule has 1 aromatic carbocycles. The zero-order valence-electron chi connectivity index (χ0n) is 13.6. The molecule has 0 bridgehead atoms. The van der Waals surface area contributed by atoms with E-state index in [9.17, 15) is 4.79 Å². The molecule has 4 nitrogen and oxygen atoms in total. The fourth-order valence-corrected chi connectivity index (χ4v) is 3.96. The number of rotatable bonds is 5. The van der Waals surface area contributed by atoms with E-state index in [4.69, 9.17) is 0 Å². The van der Waals surface area contributed by atoms with Crippen LogP contribution >= 0.6 is 22.7 Å². The van der Waals surface area contributed by atoms with Crippen LogP contribution in [0.3, 0.4) is 0 Å². The van der Waals surface area contributed by atoms with Crippen LogP contribution in [0.1, 0.15) is 15.4 Å². The molecule has 0 atom stereocenters. The van der Waals surface area contributed by atoms with E-state index in [0.717, 1.165) is 28.4 Å². The molecule has 0 saturated heterocycles. The van der Waals surface area contributed by atoms with Crippen LogP contribution in [0, 0.1) is 13.8 Å². The maximum atomic E-state index is 12.0. The summed E-state index contributed by atoms with van der Waals surface area (Å²) in [6, 6.07) is 11.8. The van der Waals surface area contributed by atoms with Crippen molar-refractivity contribution in [1.29, 1.82) is 0 Å². The number of thiazole rings is 1. The third-order valence-corrected chi connectivity index (χ3v) is 5.52. The first kappa shape index (κ1) is 16.7. The lowest BCUT2D eigenvalue weighted by molar-refractivity contribution is 0.252. The first-order chi connectivity index (χ1) is 11.6. The molecule has 124 valence electrons. The number of amides is 2. The van der Waals surface area contributed by atoms with Gasteiger partial charge in [0.2, 0.25) is 0 Å². The average Bonchev–Trinajstić information content (AvgIpc) is 3.18. The fraction of sp³-hybridized carbons (Fsp3) is 0.222. The summed E-state index contributed by atoms with van der Waals surface area (Å²) in [5, 5.41) is 8.94. The summed E-state index contributed by atoms with van der Waals surface area (Å²) in [6.07, 6.45) is 0.814. The zero-order chi connectivity index (χ0) is 16.9. The van der Waals surface area contributed by atoms with Crippen molar-refractivity contribution >= 4 is 34.4 Å². The lowest BCUT2D eigenvalue weighted by atomic mass is 10.2. The topological polar surface area (TPSA) is 54.0 Å². The molecule has 0 unspecified atom stereocenters. The molecule has 2 N–H and O–H groups in total. The van der Waals surface area contributed by atoms with Gasteiger partial charge in [-0.25, -0.2) is 9.78 Å². The average molecular weight is 358 g/mol. The highest BCUT2D eigenvalue weighted by Gasteiger charge is 2.07. The van der Waals surface area contributed by atoms with Crippen molar-refractivity contribution in [2.24, 2.45) is 0 Å². The number of nitrogens with one attached hydrogen (secondary N) is 2. The van der Waals surface area contributed by atoms with E-state index in [1.807, 2.05) is 38.1 Å². The Bertz CT molecular complexity index is 838. The van der Waals surface area contributed by atoms with Crippen molar-refractivity contribution < 1.29 is 4.79 Å². The second kappa shape index (κ2) is 7.59. The molecule has 2 aromatic heterocycles. The van der Waals surface area contributed by atoms with Crippen molar-refractivity contribution in [2.75, 3.05) is 11.9 Å². The molecule has 3 rings (SSSR count). The predicted molar refractivity (Wildman–Crippen MR) is 102 cm³/mol. The van der Waals surface area contributed by atoms with Crippen LogP contribution in [0.4, 0.5) is 10.5 Å².